The first-order valence-corrected chi connectivity index (χ1v) is 10.4. The molecule has 158 valence electrons. The number of aryl methyl sites for hydroxylation is 1. The fraction of sp³-hybridized carbons (Fsp3) is 0.182. The highest BCUT2D eigenvalue weighted by Gasteiger charge is 2.34. The Morgan fingerprint density at radius 1 is 1.10 bits per heavy atom. The van der Waals surface area contributed by atoms with Gasteiger partial charge in [-0.2, -0.15) is 0 Å². The van der Waals surface area contributed by atoms with E-state index < -0.39 is 11.7 Å². The van der Waals surface area contributed by atoms with Crippen LogP contribution in [-0.2, 0) is 16.1 Å². The van der Waals surface area contributed by atoms with Crippen molar-refractivity contribution in [3.63, 3.8) is 0 Å². The number of nitrogens with one attached hydrogen (secondary N) is 1. The van der Waals surface area contributed by atoms with E-state index in [2.05, 4.69) is 5.32 Å². The zero-order chi connectivity index (χ0) is 22.0. The number of rotatable bonds is 6. The smallest absolute Gasteiger partial charge is 0.408 e. The van der Waals surface area contributed by atoms with Crippen molar-refractivity contribution < 1.29 is 18.8 Å². The molecule has 0 spiro atoms. The van der Waals surface area contributed by atoms with Gasteiger partial charge in [-0.3, -0.25) is 23.9 Å². The molecular formula is C22H19N3O5S. The predicted molar refractivity (Wildman–Crippen MR) is 117 cm³/mol. The third-order valence-electron chi connectivity index (χ3n) is 4.78. The molecule has 0 aliphatic carbocycles. The number of amides is 3. The third-order valence-corrected chi connectivity index (χ3v) is 5.69. The minimum Gasteiger partial charge on any atom is -0.408 e. The van der Waals surface area contributed by atoms with Gasteiger partial charge in [-0.15, -0.1) is 0 Å². The molecule has 0 bridgehead atoms. The summed E-state index contributed by atoms with van der Waals surface area (Å²) in [6, 6.07) is 14.4. The first-order chi connectivity index (χ1) is 14.9. The Hall–Kier alpha value is -3.59. The van der Waals surface area contributed by atoms with Crippen molar-refractivity contribution in [2.24, 2.45) is 0 Å². The summed E-state index contributed by atoms with van der Waals surface area (Å²) in [6.45, 7) is 1.88. The summed E-state index contributed by atoms with van der Waals surface area (Å²) >= 11 is 0.875. The molecule has 3 aromatic rings. The number of oxazole rings is 1. The second kappa shape index (κ2) is 8.65. The van der Waals surface area contributed by atoms with E-state index in [1.165, 1.54) is 4.57 Å². The summed E-state index contributed by atoms with van der Waals surface area (Å²) in [4.78, 5) is 50.4. The van der Waals surface area contributed by atoms with Crippen LogP contribution in [0.15, 0.2) is 62.6 Å². The number of carbonyl (C=O) groups excluding carboxylic acids is 3. The van der Waals surface area contributed by atoms with E-state index in [1.807, 2.05) is 31.2 Å². The van der Waals surface area contributed by atoms with Crippen molar-refractivity contribution in [3.8, 4) is 0 Å². The summed E-state index contributed by atoms with van der Waals surface area (Å²) in [7, 11) is 0. The van der Waals surface area contributed by atoms with Gasteiger partial charge in [0.2, 0.25) is 5.91 Å². The summed E-state index contributed by atoms with van der Waals surface area (Å²) in [5.74, 6) is -1.43. The van der Waals surface area contributed by atoms with Crippen molar-refractivity contribution in [2.75, 3.05) is 13.1 Å². The Bertz CT molecular complexity index is 1260. The number of benzene rings is 2. The maximum atomic E-state index is 12.6. The molecule has 9 heteroatoms. The van der Waals surface area contributed by atoms with E-state index in [0.717, 1.165) is 27.8 Å². The quantitative estimate of drug-likeness (QED) is 0.595. The van der Waals surface area contributed by atoms with E-state index in [9.17, 15) is 19.2 Å². The highest BCUT2D eigenvalue weighted by molar-refractivity contribution is 8.18. The van der Waals surface area contributed by atoms with Crippen molar-refractivity contribution in [1.29, 1.82) is 0 Å². The number of hydrogen-bond acceptors (Lipinski definition) is 6. The van der Waals surface area contributed by atoms with Crippen LogP contribution in [0.4, 0.5) is 4.79 Å². The lowest BCUT2D eigenvalue weighted by Crippen LogP contribution is -2.39. The molecule has 31 heavy (non-hydrogen) atoms. The van der Waals surface area contributed by atoms with Crippen molar-refractivity contribution in [1.82, 2.24) is 14.8 Å². The summed E-state index contributed by atoms with van der Waals surface area (Å²) in [5.41, 5.74) is 2.86. The first-order valence-electron chi connectivity index (χ1n) is 9.59. The van der Waals surface area contributed by atoms with Gasteiger partial charge < -0.3 is 9.73 Å². The lowest BCUT2D eigenvalue weighted by atomic mass is 10.1. The number of carbonyl (C=O) groups is 3. The second-order valence-corrected chi connectivity index (χ2v) is 8.01. The average Bonchev–Trinajstić information content (AvgIpc) is 3.20. The molecule has 2 heterocycles. The van der Waals surface area contributed by atoms with Crippen LogP contribution in [0.3, 0.4) is 0 Å². The van der Waals surface area contributed by atoms with Crippen LogP contribution in [-0.4, -0.2) is 39.6 Å². The molecule has 1 aliphatic rings. The highest BCUT2D eigenvalue weighted by atomic mass is 32.2. The van der Waals surface area contributed by atoms with Crippen LogP contribution in [0.25, 0.3) is 17.2 Å². The Kier molecular flexibility index (Phi) is 5.77. The maximum Gasteiger partial charge on any atom is 0.420 e. The van der Waals surface area contributed by atoms with Gasteiger partial charge in [0.15, 0.2) is 5.58 Å². The van der Waals surface area contributed by atoms with Crippen LogP contribution in [0.2, 0.25) is 0 Å². The third kappa shape index (κ3) is 4.46. The Morgan fingerprint density at radius 3 is 2.61 bits per heavy atom. The van der Waals surface area contributed by atoms with Gasteiger partial charge in [0.1, 0.15) is 6.54 Å². The molecule has 1 N–H and O–H groups in total. The van der Waals surface area contributed by atoms with Crippen molar-refractivity contribution in [3.05, 3.63) is 75.1 Å². The van der Waals surface area contributed by atoms with Gasteiger partial charge >= 0.3 is 5.76 Å². The zero-order valence-corrected chi connectivity index (χ0v) is 17.5. The molecule has 4 rings (SSSR count). The maximum absolute atomic E-state index is 12.6. The fourth-order valence-electron chi connectivity index (χ4n) is 3.18. The first kappa shape index (κ1) is 20.7. The molecular weight excluding hydrogens is 418 g/mol. The zero-order valence-electron chi connectivity index (χ0n) is 16.7. The van der Waals surface area contributed by atoms with E-state index in [4.69, 9.17) is 4.42 Å². The molecule has 0 saturated carbocycles. The number of para-hydroxylation sites is 2. The normalized spacial score (nSPS) is 15.3. The molecule has 1 saturated heterocycles. The molecule has 0 atom stereocenters. The van der Waals surface area contributed by atoms with E-state index in [0.29, 0.717) is 16.0 Å². The van der Waals surface area contributed by atoms with Crippen LogP contribution in [0, 0.1) is 6.92 Å². The molecule has 3 amide bonds. The van der Waals surface area contributed by atoms with Crippen LogP contribution < -0.4 is 11.1 Å². The number of fused-ring (bicyclic) bond motifs is 1. The van der Waals surface area contributed by atoms with E-state index >= 15 is 0 Å². The average molecular weight is 437 g/mol. The molecule has 1 aliphatic heterocycles. The van der Waals surface area contributed by atoms with Crippen molar-refractivity contribution >= 4 is 46.0 Å². The van der Waals surface area contributed by atoms with Gasteiger partial charge in [-0.05, 0) is 42.5 Å². The second-order valence-electron chi connectivity index (χ2n) is 7.02. The van der Waals surface area contributed by atoms with Gasteiger partial charge in [0.05, 0.1) is 10.4 Å². The number of thioether (sulfide) groups is 1. The standard InChI is InChI=1S/C22H19N3O5S/c1-14-6-8-15(9-7-14)12-18-20(27)24(22(29)31-18)11-10-23-19(26)13-25-16-4-2-3-5-17(16)30-21(25)28/h2-9,12H,10-11,13H2,1H3,(H,23,26). The lowest BCUT2D eigenvalue weighted by Gasteiger charge is -2.13. The monoisotopic (exact) mass is 437 g/mol. The highest BCUT2D eigenvalue weighted by Crippen LogP contribution is 2.31. The van der Waals surface area contributed by atoms with Crippen molar-refractivity contribution in [2.45, 2.75) is 13.5 Å². The van der Waals surface area contributed by atoms with E-state index in [1.54, 1.807) is 30.3 Å². The summed E-state index contributed by atoms with van der Waals surface area (Å²) in [5, 5.41) is 2.26. The van der Waals surface area contributed by atoms with Gasteiger partial charge in [-0.25, -0.2) is 4.79 Å². The topological polar surface area (TPSA) is 102 Å². The SMILES string of the molecule is Cc1ccc(C=C2SC(=O)N(CCNC(=O)Cn3c(=O)oc4ccccc43)C2=O)cc1. The van der Waals surface area contributed by atoms with Gasteiger partial charge in [0.25, 0.3) is 11.1 Å². The Balaban J connectivity index is 1.35. The van der Waals surface area contributed by atoms with Crippen LogP contribution in [0.1, 0.15) is 11.1 Å². The largest absolute Gasteiger partial charge is 0.420 e. The predicted octanol–water partition coefficient (Wildman–Crippen LogP) is 2.76. The molecule has 0 unspecified atom stereocenters. The summed E-state index contributed by atoms with van der Waals surface area (Å²) < 4.78 is 6.33. The number of imide groups is 1. The molecule has 8 nitrogen and oxygen atoms in total. The van der Waals surface area contributed by atoms with Crippen LogP contribution >= 0.6 is 11.8 Å². The molecule has 1 aromatic heterocycles. The Morgan fingerprint density at radius 2 is 1.84 bits per heavy atom. The lowest BCUT2D eigenvalue weighted by molar-refractivity contribution is -0.124. The minimum atomic E-state index is -0.622. The van der Waals surface area contributed by atoms with E-state index in [-0.39, 0.29) is 30.8 Å². The molecule has 2 aromatic carbocycles. The summed E-state index contributed by atoms with van der Waals surface area (Å²) in [6.07, 6.45) is 1.68. The fourth-order valence-corrected chi connectivity index (χ4v) is 4.04. The molecule has 0 radical (unpaired) electrons. The number of aromatic nitrogens is 1. The van der Waals surface area contributed by atoms with Gasteiger partial charge in [-0.1, -0.05) is 42.0 Å². The van der Waals surface area contributed by atoms with Gasteiger partial charge in [0, 0.05) is 13.1 Å². The molecule has 1 fully saturated rings. The Labute approximate surface area is 181 Å². The minimum absolute atomic E-state index is 0.0443. The number of nitrogens with zero attached hydrogens (tertiary/aromatic N) is 2. The number of hydrogen-bond donors (Lipinski definition) is 1. The van der Waals surface area contributed by atoms with Crippen LogP contribution in [0.5, 0.6) is 0 Å².